The molecule has 7 heteroatoms. The summed E-state index contributed by atoms with van der Waals surface area (Å²) in [4.78, 5) is 13.0. The van der Waals surface area contributed by atoms with E-state index in [4.69, 9.17) is 11.6 Å². The molecular formula is C16H14BrClN2O2S. The Labute approximate surface area is 152 Å². The maximum absolute atomic E-state index is 12.0. The standard InChI is InChI=1S/C16H14BrClN2O2S/c1-23-15-5-3-13(18)7-10(15)8-16(22)20-19-9-11-6-12(17)2-4-14(11)21/h2-7,9,21H,8H2,1H3,(H,20,22)/b19-9-. The number of hydrogen-bond donors (Lipinski definition) is 2. The van der Waals surface area contributed by atoms with Crippen molar-refractivity contribution >= 4 is 51.4 Å². The summed E-state index contributed by atoms with van der Waals surface area (Å²) in [6.07, 6.45) is 3.52. The van der Waals surface area contributed by atoms with Gasteiger partial charge in [-0.15, -0.1) is 11.8 Å². The first-order valence-corrected chi connectivity index (χ1v) is 9.02. The molecule has 0 aliphatic carbocycles. The maximum Gasteiger partial charge on any atom is 0.244 e. The zero-order valence-corrected chi connectivity index (χ0v) is 15.4. The topological polar surface area (TPSA) is 61.7 Å². The highest BCUT2D eigenvalue weighted by Crippen LogP contribution is 2.24. The van der Waals surface area contributed by atoms with Gasteiger partial charge in [-0.25, -0.2) is 5.43 Å². The van der Waals surface area contributed by atoms with Gasteiger partial charge in [0.2, 0.25) is 5.91 Å². The van der Waals surface area contributed by atoms with Crippen LogP contribution in [0.15, 0.2) is 50.9 Å². The smallest absolute Gasteiger partial charge is 0.244 e. The average molecular weight is 414 g/mol. The summed E-state index contributed by atoms with van der Waals surface area (Å²) in [7, 11) is 0. The number of carbonyl (C=O) groups excluding carboxylic acids is 1. The fraction of sp³-hybridized carbons (Fsp3) is 0.125. The van der Waals surface area contributed by atoms with E-state index in [9.17, 15) is 9.90 Å². The highest BCUT2D eigenvalue weighted by atomic mass is 79.9. The summed E-state index contributed by atoms with van der Waals surface area (Å²) in [5, 5.41) is 14.2. The third-order valence-electron chi connectivity index (χ3n) is 2.98. The van der Waals surface area contributed by atoms with Crippen molar-refractivity contribution in [2.24, 2.45) is 5.10 Å². The zero-order valence-electron chi connectivity index (χ0n) is 12.2. The molecule has 4 nitrogen and oxygen atoms in total. The van der Waals surface area contributed by atoms with Crippen molar-refractivity contribution in [3.63, 3.8) is 0 Å². The van der Waals surface area contributed by atoms with E-state index in [0.717, 1.165) is 14.9 Å². The van der Waals surface area contributed by atoms with E-state index >= 15 is 0 Å². The highest BCUT2D eigenvalue weighted by Gasteiger charge is 2.08. The van der Waals surface area contributed by atoms with Crippen molar-refractivity contribution in [3.8, 4) is 5.75 Å². The molecule has 2 aromatic rings. The third kappa shape index (κ3) is 5.27. The fourth-order valence-corrected chi connectivity index (χ4v) is 3.07. The number of nitrogens with zero attached hydrogens (tertiary/aromatic N) is 1. The van der Waals surface area contributed by atoms with E-state index < -0.39 is 0 Å². The summed E-state index contributed by atoms with van der Waals surface area (Å²) in [5.74, 6) is -0.168. The minimum Gasteiger partial charge on any atom is -0.507 e. The number of nitrogens with one attached hydrogen (secondary N) is 1. The van der Waals surface area contributed by atoms with Gasteiger partial charge in [0.25, 0.3) is 0 Å². The molecule has 0 aromatic heterocycles. The molecule has 2 N–H and O–H groups in total. The minimum absolute atomic E-state index is 0.0886. The van der Waals surface area contributed by atoms with Gasteiger partial charge in [-0.2, -0.15) is 5.10 Å². The van der Waals surface area contributed by atoms with E-state index in [1.807, 2.05) is 12.3 Å². The molecule has 0 aliphatic heterocycles. The Balaban J connectivity index is 2.01. The largest absolute Gasteiger partial charge is 0.507 e. The molecule has 0 aliphatic rings. The summed E-state index contributed by atoms with van der Waals surface area (Å²) < 4.78 is 0.812. The van der Waals surface area contributed by atoms with Crippen LogP contribution in [0.2, 0.25) is 5.02 Å². The van der Waals surface area contributed by atoms with Crippen molar-refractivity contribution in [3.05, 3.63) is 57.0 Å². The van der Waals surface area contributed by atoms with Crippen molar-refractivity contribution in [2.75, 3.05) is 6.26 Å². The number of hydrogen-bond acceptors (Lipinski definition) is 4. The van der Waals surface area contributed by atoms with E-state index in [0.29, 0.717) is 10.6 Å². The quantitative estimate of drug-likeness (QED) is 0.438. The Hall–Kier alpha value is -1.50. The molecule has 2 rings (SSSR count). The lowest BCUT2D eigenvalue weighted by Gasteiger charge is -2.07. The van der Waals surface area contributed by atoms with Crippen LogP contribution >= 0.6 is 39.3 Å². The van der Waals surface area contributed by atoms with Crippen LogP contribution in [0.25, 0.3) is 0 Å². The zero-order chi connectivity index (χ0) is 16.8. The lowest BCUT2D eigenvalue weighted by atomic mass is 10.1. The number of carbonyl (C=O) groups is 1. The number of thioether (sulfide) groups is 1. The van der Waals surface area contributed by atoms with Crippen LogP contribution < -0.4 is 5.43 Å². The van der Waals surface area contributed by atoms with Crippen molar-refractivity contribution in [1.82, 2.24) is 5.43 Å². The molecule has 0 saturated heterocycles. The molecule has 120 valence electrons. The van der Waals surface area contributed by atoms with Crippen LogP contribution in [0.3, 0.4) is 0 Å². The Bertz CT molecular complexity index is 753. The van der Waals surface area contributed by atoms with Crippen LogP contribution in [0.5, 0.6) is 5.75 Å². The molecule has 0 saturated carbocycles. The number of phenols is 1. The minimum atomic E-state index is -0.256. The van der Waals surface area contributed by atoms with Gasteiger partial charge in [-0.05, 0) is 48.2 Å². The molecule has 23 heavy (non-hydrogen) atoms. The lowest BCUT2D eigenvalue weighted by Crippen LogP contribution is -2.20. The van der Waals surface area contributed by atoms with Gasteiger partial charge >= 0.3 is 0 Å². The number of aromatic hydroxyl groups is 1. The van der Waals surface area contributed by atoms with Gasteiger partial charge < -0.3 is 5.11 Å². The van der Waals surface area contributed by atoms with E-state index in [2.05, 4.69) is 26.5 Å². The molecule has 0 bridgehead atoms. The van der Waals surface area contributed by atoms with Crippen molar-refractivity contribution in [2.45, 2.75) is 11.3 Å². The van der Waals surface area contributed by atoms with Crippen LogP contribution in [0.1, 0.15) is 11.1 Å². The molecule has 2 aromatic carbocycles. The number of rotatable bonds is 5. The van der Waals surface area contributed by atoms with E-state index in [1.54, 1.807) is 42.1 Å². The van der Waals surface area contributed by atoms with Crippen molar-refractivity contribution in [1.29, 1.82) is 0 Å². The normalized spacial score (nSPS) is 10.9. The first-order chi connectivity index (χ1) is 11.0. The van der Waals surface area contributed by atoms with Crippen LogP contribution in [-0.4, -0.2) is 23.5 Å². The number of hydrazone groups is 1. The Kier molecular flexibility index (Phi) is 6.50. The number of amides is 1. The first-order valence-electron chi connectivity index (χ1n) is 6.62. The van der Waals surface area contributed by atoms with Crippen LogP contribution in [-0.2, 0) is 11.2 Å². The number of phenolic OH excluding ortho intramolecular Hbond substituents is 1. The predicted octanol–water partition coefficient (Wildman–Crippen LogP) is 4.22. The Morgan fingerprint density at radius 2 is 2.17 bits per heavy atom. The summed E-state index contributed by atoms with van der Waals surface area (Å²) in [5.41, 5.74) is 3.81. The summed E-state index contributed by atoms with van der Waals surface area (Å²) >= 11 is 10.8. The van der Waals surface area contributed by atoms with Gasteiger partial charge in [-0.3, -0.25) is 4.79 Å². The molecule has 0 fully saturated rings. The van der Waals surface area contributed by atoms with Gasteiger partial charge in [-0.1, -0.05) is 27.5 Å². The monoisotopic (exact) mass is 412 g/mol. The predicted molar refractivity (Wildman–Crippen MR) is 98.5 cm³/mol. The van der Waals surface area contributed by atoms with Gasteiger partial charge in [0, 0.05) is 20.0 Å². The lowest BCUT2D eigenvalue weighted by molar-refractivity contribution is -0.120. The second-order valence-corrected chi connectivity index (χ2v) is 6.83. The molecule has 0 atom stereocenters. The third-order valence-corrected chi connectivity index (χ3v) is 4.54. The van der Waals surface area contributed by atoms with Crippen molar-refractivity contribution < 1.29 is 9.90 Å². The van der Waals surface area contributed by atoms with Gasteiger partial charge in [0.1, 0.15) is 5.75 Å². The first kappa shape index (κ1) is 17.8. The summed E-state index contributed by atoms with van der Waals surface area (Å²) in [6.45, 7) is 0. The van der Waals surface area contributed by atoms with Gasteiger partial charge in [0.05, 0.1) is 12.6 Å². The molecule has 0 heterocycles. The van der Waals surface area contributed by atoms with Gasteiger partial charge in [0.15, 0.2) is 0 Å². The van der Waals surface area contributed by atoms with E-state index in [-0.39, 0.29) is 18.1 Å². The van der Waals surface area contributed by atoms with E-state index in [1.165, 1.54) is 6.21 Å². The van der Waals surface area contributed by atoms with Crippen LogP contribution in [0, 0.1) is 0 Å². The maximum atomic E-state index is 12.0. The average Bonchev–Trinajstić information content (AvgIpc) is 2.51. The SMILES string of the molecule is CSc1ccc(Cl)cc1CC(=O)N/N=C\c1cc(Br)ccc1O. The highest BCUT2D eigenvalue weighted by molar-refractivity contribution is 9.10. The second-order valence-electron chi connectivity index (χ2n) is 4.63. The fourth-order valence-electron chi connectivity index (χ4n) is 1.90. The molecular weight excluding hydrogens is 400 g/mol. The Morgan fingerprint density at radius 1 is 1.39 bits per heavy atom. The summed E-state index contributed by atoms with van der Waals surface area (Å²) in [6, 6.07) is 10.4. The molecule has 1 amide bonds. The number of benzene rings is 2. The molecule has 0 spiro atoms. The molecule has 0 radical (unpaired) electrons. The number of halogens is 2. The van der Waals surface area contributed by atoms with Crippen LogP contribution in [0.4, 0.5) is 0 Å². The second kappa shape index (κ2) is 8.38. The Morgan fingerprint density at radius 3 is 2.91 bits per heavy atom. The molecule has 0 unspecified atom stereocenters.